The lowest BCUT2D eigenvalue weighted by molar-refractivity contribution is 0.0581. The van der Waals surface area contributed by atoms with E-state index in [0.717, 1.165) is 32.1 Å². The van der Waals surface area contributed by atoms with Crippen LogP contribution in [-0.2, 0) is 6.42 Å². The van der Waals surface area contributed by atoms with Gasteiger partial charge in [-0.25, -0.2) is 0 Å². The van der Waals surface area contributed by atoms with Crippen LogP contribution in [0.2, 0.25) is 0 Å². The van der Waals surface area contributed by atoms with E-state index < -0.39 is 0 Å². The molecular weight excluding hydrogens is 300 g/mol. The van der Waals surface area contributed by atoms with Gasteiger partial charge in [0.25, 0.3) is 0 Å². The fourth-order valence-electron chi connectivity index (χ4n) is 4.18. The first kappa shape index (κ1) is 15.8. The van der Waals surface area contributed by atoms with Crippen molar-refractivity contribution in [1.29, 1.82) is 0 Å². The van der Waals surface area contributed by atoms with Gasteiger partial charge >= 0.3 is 0 Å². The quantitative estimate of drug-likeness (QED) is 0.867. The molecule has 5 heteroatoms. The fraction of sp³-hybridized carbons (Fsp3) is 0.579. The summed E-state index contributed by atoms with van der Waals surface area (Å²) in [6.07, 6.45) is 3.83. The van der Waals surface area contributed by atoms with Crippen LogP contribution in [-0.4, -0.2) is 46.1 Å². The number of piperazine rings is 1. The third-order valence-electron chi connectivity index (χ3n) is 5.58. The Morgan fingerprint density at radius 1 is 1.17 bits per heavy atom. The van der Waals surface area contributed by atoms with E-state index in [0.29, 0.717) is 11.9 Å². The fourth-order valence-corrected chi connectivity index (χ4v) is 4.18. The first-order valence-corrected chi connectivity index (χ1v) is 9.08. The Morgan fingerprint density at radius 2 is 1.96 bits per heavy atom. The lowest BCUT2D eigenvalue weighted by atomic mass is 9.86. The Balaban J connectivity index is 1.42. The predicted molar refractivity (Wildman–Crippen MR) is 92.7 cm³/mol. The first-order valence-electron chi connectivity index (χ1n) is 9.08. The lowest BCUT2D eigenvalue weighted by Crippen LogP contribution is -2.48. The third-order valence-corrected chi connectivity index (χ3v) is 5.58. The molecule has 0 amide bonds. The maximum absolute atomic E-state index is 5.35. The highest BCUT2D eigenvalue weighted by molar-refractivity contribution is 5.32. The van der Waals surface area contributed by atoms with Crippen LogP contribution in [0.4, 0.5) is 0 Å². The minimum atomic E-state index is 0.201. The van der Waals surface area contributed by atoms with Gasteiger partial charge in [-0.3, -0.25) is 9.80 Å². The van der Waals surface area contributed by atoms with E-state index in [1.165, 1.54) is 19.3 Å². The van der Waals surface area contributed by atoms with Crippen LogP contribution >= 0.6 is 0 Å². The van der Waals surface area contributed by atoms with Crippen LogP contribution in [0.3, 0.4) is 0 Å². The minimum Gasteiger partial charge on any atom is -0.338 e. The van der Waals surface area contributed by atoms with Gasteiger partial charge in [-0.05, 0) is 44.2 Å². The molecule has 4 rings (SSSR count). The van der Waals surface area contributed by atoms with Crippen LogP contribution in [0.15, 0.2) is 28.8 Å². The van der Waals surface area contributed by atoms with Crippen molar-refractivity contribution in [2.24, 2.45) is 0 Å². The molecule has 1 aliphatic heterocycles. The Labute approximate surface area is 143 Å². The maximum Gasteiger partial charge on any atom is 0.243 e. The summed E-state index contributed by atoms with van der Waals surface area (Å²) >= 11 is 0. The molecule has 1 aromatic heterocycles. The summed E-state index contributed by atoms with van der Waals surface area (Å²) in [6, 6.07) is 9.79. The number of hydrogen-bond donors (Lipinski definition) is 0. The molecule has 24 heavy (non-hydrogen) atoms. The van der Waals surface area contributed by atoms with Crippen LogP contribution in [0.25, 0.3) is 0 Å². The van der Waals surface area contributed by atoms with E-state index in [9.17, 15) is 0 Å². The van der Waals surface area contributed by atoms with Gasteiger partial charge in [0.2, 0.25) is 5.89 Å². The van der Waals surface area contributed by atoms with Crippen molar-refractivity contribution in [1.82, 2.24) is 19.9 Å². The number of hydrogen-bond acceptors (Lipinski definition) is 5. The zero-order valence-electron chi connectivity index (χ0n) is 14.6. The highest BCUT2D eigenvalue weighted by Gasteiger charge is 2.31. The van der Waals surface area contributed by atoms with Gasteiger partial charge in [-0.15, -0.1) is 0 Å². The number of fused-ring (bicyclic) bond motifs is 1. The van der Waals surface area contributed by atoms with Crippen molar-refractivity contribution in [3.05, 3.63) is 47.1 Å². The molecule has 0 unspecified atom stereocenters. The average molecular weight is 326 g/mol. The molecule has 2 aromatic rings. The lowest BCUT2D eigenvalue weighted by Gasteiger charge is -2.42. The summed E-state index contributed by atoms with van der Waals surface area (Å²) in [5, 5.41) is 3.92. The molecule has 0 spiro atoms. The van der Waals surface area contributed by atoms with Crippen molar-refractivity contribution in [2.75, 3.05) is 26.2 Å². The number of aryl methyl sites for hydroxylation is 2. The van der Waals surface area contributed by atoms with Crippen molar-refractivity contribution in [3.63, 3.8) is 0 Å². The Morgan fingerprint density at radius 3 is 2.71 bits per heavy atom. The largest absolute Gasteiger partial charge is 0.338 e. The van der Waals surface area contributed by atoms with Gasteiger partial charge < -0.3 is 4.52 Å². The zero-order chi connectivity index (χ0) is 16.5. The summed E-state index contributed by atoms with van der Waals surface area (Å²) < 4.78 is 5.35. The second-order valence-corrected chi connectivity index (χ2v) is 7.03. The molecule has 2 atom stereocenters. The number of aromatic nitrogens is 2. The molecule has 1 aliphatic carbocycles. The molecule has 1 saturated heterocycles. The second kappa shape index (κ2) is 6.65. The summed E-state index contributed by atoms with van der Waals surface area (Å²) in [5.74, 6) is 1.46. The third kappa shape index (κ3) is 2.98. The van der Waals surface area contributed by atoms with Crippen LogP contribution in [0.1, 0.15) is 54.7 Å². The van der Waals surface area contributed by atoms with Gasteiger partial charge in [0, 0.05) is 32.2 Å². The van der Waals surface area contributed by atoms with Gasteiger partial charge in [0.05, 0.1) is 6.04 Å². The molecule has 0 N–H and O–H groups in total. The van der Waals surface area contributed by atoms with E-state index in [2.05, 4.69) is 51.1 Å². The minimum absolute atomic E-state index is 0.201. The van der Waals surface area contributed by atoms with Gasteiger partial charge in [-0.1, -0.05) is 29.4 Å². The number of nitrogens with zero attached hydrogens (tertiary/aromatic N) is 4. The van der Waals surface area contributed by atoms with Crippen molar-refractivity contribution < 1.29 is 4.52 Å². The average Bonchev–Trinajstić information content (AvgIpc) is 3.07. The summed E-state index contributed by atoms with van der Waals surface area (Å²) in [5.41, 5.74) is 3.10. The topological polar surface area (TPSA) is 45.4 Å². The Hall–Kier alpha value is -1.72. The van der Waals surface area contributed by atoms with Crippen molar-refractivity contribution in [3.8, 4) is 0 Å². The molecule has 0 saturated carbocycles. The molecule has 2 aliphatic rings. The zero-order valence-corrected chi connectivity index (χ0v) is 14.6. The van der Waals surface area contributed by atoms with E-state index in [4.69, 9.17) is 4.52 Å². The number of rotatable bonds is 3. The van der Waals surface area contributed by atoms with E-state index in [1.807, 2.05) is 6.92 Å². The smallest absolute Gasteiger partial charge is 0.243 e. The first-order chi connectivity index (χ1) is 11.7. The second-order valence-electron chi connectivity index (χ2n) is 7.03. The highest BCUT2D eigenvalue weighted by atomic mass is 16.5. The van der Waals surface area contributed by atoms with Gasteiger partial charge in [-0.2, -0.15) is 4.98 Å². The molecular formula is C19H26N4O. The van der Waals surface area contributed by atoms with Crippen molar-refractivity contribution >= 4 is 0 Å². The summed E-state index contributed by atoms with van der Waals surface area (Å²) in [4.78, 5) is 9.51. The molecule has 128 valence electrons. The summed E-state index contributed by atoms with van der Waals surface area (Å²) in [7, 11) is 0. The van der Waals surface area contributed by atoms with E-state index >= 15 is 0 Å². The predicted octanol–water partition coefficient (Wildman–Crippen LogP) is 3.13. The van der Waals surface area contributed by atoms with E-state index in [-0.39, 0.29) is 6.04 Å². The van der Waals surface area contributed by atoms with Gasteiger partial charge in [0.1, 0.15) is 0 Å². The van der Waals surface area contributed by atoms with E-state index in [1.54, 1.807) is 11.1 Å². The molecule has 1 fully saturated rings. The summed E-state index contributed by atoms with van der Waals surface area (Å²) in [6.45, 7) is 8.37. The molecule has 2 heterocycles. The van der Waals surface area contributed by atoms with Crippen LogP contribution in [0, 0.1) is 6.92 Å². The molecule has 1 aromatic carbocycles. The number of benzene rings is 1. The van der Waals surface area contributed by atoms with Gasteiger partial charge in [0.15, 0.2) is 5.82 Å². The molecule has 5 nitrogen and oxygen atoms in total. The molecule has 0 radical (unpaired) electrons. The maximum atomic E-state index is 5.35. The van der Waals surface area contributed by atoms with Crippen LogP contribution in [0.5, 0.6) is 0 Å². The SMILES string of the molecule is Cc1noc([C@@H](C)N2CCN([C@H]3CCCc4ccccc43)CC2)n1. The Bertz CT molecular complexity index is 690. The highest BCUT2D eigenvalue weighted by Crippen LogP contribution is 2.35. The van der Waals surface area contributed by atoms with Crippen LogP contribution < -0.4 is 0 Å². The monoisotopic (exact) mass is 326 g/mol. The van der Waals surface area contributed by atoms with Crippen molar-refractivity contribution in [2.45, 2.75) is 45.2 Å². The Kier molecular flexibility index (Phi) is 4.37. The standard InChI is InChI=1S/C19H26N4O/c1-14(19-20-15(2)21-24-19)22-10-12-23(13-11-22)18-9-5-7-16-6-3-4-8-17(16)18/h3-4,6,8,14,18H,5,7,9-13H2,1-2H3/t14-,18+/m1/s1. The molecule has 0 bridgehead atoms. The normalized spacial score (nSPS) is 23.8.